The first-order valence-corrected chi connectivity index (χ1v) is 5.99. The number of rotatable bonds is 5. The van der Waals surface area contributed by atoms with Gasteiger partial charge in [-0.2, -0.15) is 0 Å². The first-order valence-electron chi connectivity index (χ1n) is 4.04. The van der Waals surface area contributed by atoms with Crippen LogP contribution in [0.15, 0.2) is 28.7 Å². The second-order valence-electron chi connectivity index (χ2n) is 2.61. The molecule has 0 saturated heterocycles. The lowest BCUT2D eigenvalue weighted by Crippen LogP contribution is -2.02. The van der Waals surface area contributed by atoms with Crippen LogP contribution in [0.5, 0.6) is 0 Å². The maximum Gasteiger partial charge on any atom is 0.172 e. The van der Waals surface area contributed by atoms with Crippen molar-refractivity contribution in [2.24, 2.45) is 0 Å². The zero-order chi connectivity index (χ0) is 10.4. The zero-order valence-electron chi connectivity index (χ0n) is 7.40. The second-order valence-corrected chi connectivity index (χ2v) is 4.56. The van der Waals surface area contributed by atoms with Crippen molar-refractivity contribution < 1.29 is 9.59 Å². The van der Waals surface area contributed by atoms with E-state index < -0.39 is 0 Å². The van der Waals surface area contributed by atoms with E-state index in [0.29, 0.717) is 17.1 Å². The Bertz CT molecular complexity index is 321. The molecule has 0 atom stereocenters. The van der Waals surface area contributed by atoms with Crippen LogP contribution in [0.4, 0.5) is 0 Å². The number of ketones is 1. The molecule has 0 heterocycles. The van der Waals surface area contributed by atoms with E-state index in [1.54, 1.807) is 12.1 Å². The molecule has 0 aliphatic heterocycles. The topological polar surface area (TPSA) is 34.1 Å². The van der Waals surface area contributed by atoms with Crippen molar-refractivity contribution in [3.63, 3.8) is 0 Å². The fraction of sp³-hybridized carbons (Fsp3) is 0.200. The molecule has 0 N–H and O–H groups in total. The first kappa shape index (κ1) is 11.5. The first-order chi connectivity index (χ1) is 6.74. The Kier molecular flexibility index (Phi) is 4.90. The van der Waals surface area contributed by atoms with Crippen LogP contribution in [0, 0.1) is 0 Å². The van der Waals surface area contributed by atoms with E-state index in [0.717, 1.165) is 10.8 Å². The van der Waals surface area contributed by atoms with Gasteiger partial charge in [0.2, 0.25) is 0 Å². The molecule has 14 heavy (non-hydrogen) atoms. The van der Waals surface area contributed by atoms with Gasteiger partial charge in [-0.05, 0) is 12.1 Å². The number of aldehydes is 1. The summed E-state index contributed by atoms with van der Waals surface area (Å²) in [6.45, 7) is 0. The van der Waals surface area contributed by atoms with E-state index in [1.165, 1.54) is 11.8 Å². The number of halogens is 1. The predicted molar refractivity (Wildman–Crippen MR) is 61.9 cm³/mol. The Balaban J connectivity index is 2.52. The van der Waals surface area contributed by atoms with Crippen LogP contribution < -0.4 is 0 Å². The quantitative estimate of drug-likeness (QED) is 0.469. The van der Waals surface area contributed by atoms with E-state index in [4.69, 9.17) is 0 Å². The molecule has 0 fully saturated rings. The van der Waals surface area contributed by atoms with E-state index in [9.17, 15) is 9.59 Å². The van der Waals surface area contributed by atoms with Crippen LogP contribution in [0.25, 0.3) is 0 Å². The van der Waals surface area contributed by atoms with Crippen molar-refractivity contribution in [1.29, 1.82) is 0 Å². The van der Waals surface area contributed by atoms with Gasteiger partial charge in [0, 0.05) is 15.8 Å². The number of hydrogen-bond acceptors (Lipinski definition) is 3. The van der Waals surface area contributed by atoms with Crippen LogP contribution in [-0.4, -0.2) is 23.6 Å². The van der Waals surface area contributed by atoms with E-state index >= 15 is 0 Å². The molecule has 74 valence electrons. The second kappa shape index (κ2) is 5.98. The highest BCUT2D eigenvalue weighted by molar-refractivity contribution is 9.10. The normalized spacial score (nSPS) is 9.79. The highest BCUT2D eigenvalue weighted by atomic mass is 79.9. The summed E-state index contributed by atoms with van der Waals surface area (Å²) < 4.78 is 0.953. The number of Topliss-reactive ketones (excluding diaryl/α,β-unsaturated/α-hetero) is 1. The lowest BCUT2D eigenvalue weighted by molar-refractivity contribution is -0.105. The smallest absolute Gasteiger partial charge is 0.172 e. The van der Waals surface area contributed by atoms with Crippen molar-refractivity contribution in [2.45, 2.75) is 0 Å². The lowest BCUT2D eigenvalue weighted by atomic mass is 10.2. The maximum atomic E-state index is 11.5. The average Bonchev–Trinajstić information content (AvgIpc) is 2.19. The third kappa shape index (κ3) is 3.64. The van der Waals surface area contributed by atoms with Crippen molar-refractivity contribution in [1.82, 2.24) is 0 Å². The van der Waals surface area contributed by atoms with Gasteiger partial charge in [0.1, 0.15) is 6.29 Å². The van der Waals surface area contributed by atoms with Crippen molar-refractivity contribution in [3.05, 3.63) is 34.3 Å². The Hall–Kier alpha value is -0.610. The van der Waals surface area contributed by atoms with Crippen LogP contribution in [0.1, 0.15) is 10.4 Å². The van der Waals surface area contributed by atoms with Gasteiger partial charge in [-0.25, -0.2) is 0 Å². The van der Waals surface area contributed by atoms with Gasteiger partial charge in [0.05, 0.1) is 5.75 Å². The Labute approximate surface area is 95.2 Å². The summed E-state index contributed by atoms with van der Waals surface area (Å²) >= 11 is 4.63. The summed E-state index contributed by atoms with van der Waals surface area (Å²) in [4.78, 5) is 21.5. The van der Waals surface area contributed by atoms with Gasteiger partial charge in [-0.1, -0.05) is 28.1 Å². The maximum absolute atomic E-state index is 11.5. The van der Waals surface area contributed by atoms with Gasteiger partial charge in [-0.3, -0.25) is 4.79 Å². The van der Waals surface area contributed by atoms with Crippen LogP contribution in [-0.2, 0) is 4.79 Å². The molecule has 0 aliphatic carbocycles. The van der Waals surface area contributed by atoms with Gasteiger partial charge in [-0.15, -0.1) is 11.8 Å². The van der Waals surface area contributed by atoms with Crippen LogP contribution in [0.2, 0.25) is 0 Å². The number of carbonyl (C=O) groups is 2. The number of thioether (sulfide) groups is 1. The summed E-state index contributed by atoms with van der Waals surface area (Å²) in [6, 6.07) is 7.21. The molecule has 0 amide bonds. The minimum absolute atomic E-state index is 0.0596. The molecule has 4 heteroatoms. The molecule has 0 radical (unpaired) electrons. The third-order valence-corrected chi connectivity index (χ3v) is 2.95. The lowest BCUT2D eigenvalue weighted by Gasteiger charge is -1.99. The van der Waals surface area contributed by atoms with E-state index in [2.05, 4.69) is 15.9 Å². The number of carbonyl (C=O) groups excluding carboxylic acids is 2. The minimum atomic E-state index is 0.0596. The van der Waals surface area contributed by atoms with Gasteiger partial charge < -0.3 is 4.79 Å². The molecule has 0 bridgehead atoms. The molecule has 1 aromatic rings. The molecular formula is C10H9BrO2S. The predicted octanol–water partition coefficient (Wildman–Crippen LogP) is 2.56. The molecule has 0 spiro atoms. The molecule has 0 aliphatic rings. The summed E-state index contributed by atoms with van der Waals surface area (Å²) in [5, 5.41) is 0. The van der Waals surface area contributed by atoms with Gasteiger partial charge in [0.15, 0.2) is 5.78 Å². The fourth-order valence-electron chi connectivity index (χ4n) is 0.919. The minimum Gasteiger partial charge on any atom is -0.302 e. The molecular weight excluding hydrogens is 264 g/mol. The molecule has 0 unspecified atom stereocenters. The van der Waals surface area contributed by atoms with E-state index in [-0.39, 0.29) is 5.78 Å². The fourth-order valence-corrected chi connectivity index (χ4v) is 1.75. The summed E-state index contributed by atoms with van der Waals surface area (Å²) in [5.74, 6) is 0.798. The Morgan fingerprint density at radius 3 is 2.57 bits per heavy atom. The monoisotopic (exact) mass is 272 g/mol. The van der Waals surface area contributed by atoms with Crippen molar-refractivity contribution >= 4 is 39.8 Å². The highest BCUT2D eigenvalue weighted by Crippen LogP contribution is 2.12. The highest BCUT2D eigenvalue weighted by Gasteiger charge is 2.04. The standard InChI is InChI=1S/C10H9BrO2S/c11-9-3-1-8(2-4-9)10(13)7-14-6-5-12/h1-5H,6-7H2. The molecule has 0 saturated carbocycles. The van der Waals surface area contributed by atoms with Gasteiger partial charge in [0.25, 0.3) is 0 Å². The average molecular weight is 273 g/mol. The zero-order valence-corrected chi connectivity index (χ0v) is 9.81. The summed E-state index contributed by atoms with van der Waals surface area (Å²) in [6.07, 6.45) is 0.805. The van der Waals surface area contributed by atoms with Crippen molar-refractivity contribution in [3.8, 4) is 0 Å². The molecule has 2 nitrogen and oxygen atoms in total. The molecule has 1 rings (SSSR count). The molecule has 1 aromatic carbocycles. The van der Waals surface area contributed by atoms with Crippen LogP contribution in [0.3, 0.4) is 0 Å². The third-order valence-electron chi connectivity index (χ3n) is 1.59. The summed E-state index contributed by atoms with van der Waals surface area (Å²) in [5.41, 5.74) is 0.687. The number of benzene rings is 1. The number of hydrogen-bond donors (Lipinski definition) is 0. The SMILES string of the molecule is O=CCSCC(=O)c1ccc(Br)cc1. The Morgan fingerprint density at radius 2 is 2.00 bits per heavy atom. The van der Waals surface area contributed by atoms with E-state index in [1.807, 2.05) is 12.1 Å². The van der Waals surface area contributed by atoms with Crippen LogP contribution >= 0.6 is 27.7 Å². The van der Waals surface area contributed by atoms with Gasteiger partial charge >= 0.3 is 0 Å². The Morgan fingerprint density at radius 1 is 1.36 bits per heavy atom. The van der Waals surface area contributed by atoms with Crippen molar-refractivity contribution in [2.75, 3.05) is 11.5 Å². The molecule has 0 aromatic heterocycles. The largest absolute Gasteiger partial charge is 0.302 e. The summed E-state index contributed by atoms with van der Waals surface area (Å²) in [7, 11) is 0.